The first-order valence-corrected chi connectivity index (χ1v) is 8.00. The van der Waals surface area contributed by atoms with Gasteiger partial charge in [0, 0.05) is 18.9 Å². The summed E-state index contributed by atoms with van der Waals surface area (Å²) in [5, 5.41) is 5.45. The van der Waals surface area contributed by atoms with Gasteiger partial charge < -0.3 is 10.2 Å². The van der Waals surface area contributed by atoms with Crippen LogP contribution in [0.1, 0.15) is 46.0 Å². The summed E-state index contributed by atoms with van der Waals surface area (Å²) in [5.74, 6) is 0.962. The molecule has 2 aliphatic rings. The molecule has 3 N–H and O–H groups in total. The van der Waals surface area contributed by atoms with Crippen LogP contribution >= 0.6 is 0 Å². The van der Waals surface area contributed by atoms with Gasteiger partial charge >= 0.3 is 6.03 Å². The van der Waals surface area contributed by atoms with E-state index in [1.807, 2.05) is 0 Å². The first kappa shape index (κ1) is 15.3. The fraction of sp³-hybridized carbons (Fsp3) is 0.867. The zero-order valence-electron chi connectivity index (χ0n) is 12.7. The molecule has 5 nitrogen and oxygen atoms in total. The van der Waals surface area contributed by atoms with Crippen molar-refractivity contribution >= 4 is 11.9 Å². The van der Waals surface area contributed by atoms with Crippen LogP contribution in [0.3, 0.4) is 0 Å². The Morgan fingerprint density at radius 2 is 1.80 bits per heavy atom. The predicted octanol–water partition coefficient (Wildman–Crippen LogP) is 0.316. The van der Waals surface area contributed by atoms with E-state index >= 15 is 0 Å². The maximum Gasteiger partial charge on any atom is 0.321 e. The Balaban J connectivity index is 1.72. The molecule has 0 radical (unpaired) electrons. The van der Waals surface area contributed by atoms with Crippen molar-refractivity contribution in [2.75, 3.05) is 19.6 Å². The van der Waals surface area contributed by atoms with Crippen LogP contribution < -0.4 is 15.5 Å². The zero-order chi connectivity index (χ0) is 14.5. The number of carbonyl (C=O) groups is 2. The van der Waals surface area contributed by atoms with E-state index in [2.05, 4.69) is 24.5 Å². The summed E-state index contributed by atoms with van der Waals surface area (Å²) < 4.78 is 0. The summed E-state index contributed by atoms with van der Waals surface area (Å²) in [4.78, 5) is 25.0. The molecule has 1 saturated heterocycles. The largest absolute Gasteiger partial charge is 0.335 e. The number of hydrogen-bond acceptors (Lipinski definition) is 2. The summed E-state index contributed by atoms with van der Waals surface area (Å²) in [6.07, 6.45) is 5.78. The van der Waals surface area contributed by atoms with E-state index in [1.165, 1.54) is 24.2 Å². The fourth-order valence-corrected chi connectivity index (χ4v) is 3.44. The second-order valence-corrected chi connectivity index (χ2v) is 6.53. The predicted molar refractivity (Wildman–Crippen MR) is 77.4 cm³/mol. The first-order valence-electron chi connectivity index (χ1n) is 8.00. The lowest BCUT2D eigenvalue weighted by molar-refractivity contribution is -0.879. The third-order valence-electron chi connectivity index (χ3n) is 5.00. The maximum absolute atomic E-state index is 11.9. The highest BCUT2D eigenvalue weighted by atomic mass is 16.2. The number of carbonyl (C=O) groups excluding carboxylic acids is 2. The molecule has 1 aliphatic heterocycles. The number of amides is 3. The molecule has 0 aromatic carbocycles. The summed E-state index contributed by atoms with van der Waals surface area (Å²) in [5.41, 5.74) is 0. The van der Waals surface area contributed by atoms with E-state index in [4.69, 9.17) is 0 Å². The lowest BCUT2D eigenvalue weighted by Crippen LogP contribution is -3.11. The lowest BCUT2D eigenvalue weighted by atomic mass is 9.78. The van der Waals surface area contributed by atoms with Gasteiger partial charge in [0.1, 0.15) is 0 Å². The van der Waals surface area contributed by atoms with Gasteiger partial charge in [-0.3, -0.25) is 10.1 Å². The third kappa shape index (κ3) is 4.20. The molecule has 20 heavy (non-hydrogen) atoms. The van der Waals surface area contributed by atoms with E-state index < -0.39 is 0 Å². The second-order valence-electron chi connectivity index (χ2n) is 6.53. The fourth-order valence-electron chi connectivity index (χ4n) is 3.44. The average molecular weight is 282 g/mol. The number of rotatable bonds is 3. The molecule has 114 valence electrons. The monoisotopic (exact) mass is 282 g/mol. The Hall–Kier alpha value is -1.10. The van der Waals surface area contributed by atoms with Gasteiger partial charge in [-0.25, -0.2) is 4.79 Å². The van der Waals surface area contributed by atoms with Crippen LogP contribution in [0.2, 0.25) is 0 Å². The molecule has 0 aromatic heterocycles. The number of likely N-dealkylation sites (tertiary alicyclic amines) is 1. The Kier molecular flexibility index (Phi) is 5.40. The van der Waals surface area contributed by atoms with Gasteiger partial charge in [-0.05, 0) is 18.3 Å². The molecule has 0 unspecified atom stereocenters. The standard InChI is InChI=1S/C15H27N3O2/c1-11-6-5-7-13(12(11)2)16-15(20)17-14(19)10-18-8-3-4-9-18/h11-13H,3-10H2,1-2H3,(H2,16,17,19,20)/p+1/t11-,12+,13-/m0/s1. The van der Waals surface area contributed by atoms with Crippen LogP contribution in [-0.4, -0.2) is 37.6 Å². The minimum absolute atomic E-state index is 0.157. The molecule has 0 aromatic rings. The number of hydrogen-bond donors (Lipinski definition) is 3. The molecule has 1 aliphatic carbocycles. The van der Waals surface area contributed by atoms with Crippen LogP contribution in [0.5, 0.6) is 0 Å². The quantitative estimate of drug-likeness (QED) is 0.698. The van der Waals surface area contributed by atoms with Gasteiger partial charge in [0.05, 0.1) is 13.1 Å². The molecule has 0 spiro atoms. The van der Waals surface area contributed by atoms with E-state index in [0.29, 0.717) is 18.4 Å². The number of urea groups is 1. The van der Waals surface area contributed by atoms with E-state index in [1.54, 1.807) is 0 Å². The Morgan fingerprint density at radius 1 is 1.10 bits per heavy atom. The van der Waals surface area contributed by atoms with Crippen molar-refractivity contribution in [3.05, 3.63) is 0 Å². The van der Waals surface area contributed by atoms with Crippen molar-refractivity contribution in [3.8, 4) is 0 Å². The summed E-state index contributed by atoms with van der Waals surface area (Å²) >= 11 is 0. The van der Waals surface area contributed by atoms with Crippen molar-refractivity contribution in [1.29, 1.82) is 0 Å². The molecular weight excluding hydrogens is 254 g/mol. The van der Waals surface area contributed by atoms with Crippen molar-refractivity contribution in [3.63, 3.8) is 0 Å². The molecule has 1 heterocycles. The smallest absolute Gasteiger partial charge is 0.321 e. The van der Waals surface area contributed by atoms with Crippen LogP contribution in [0, 0.1) is 11.8 Å². The molecular formula is C15H28N3O2+. The number of quaternary nitrogens is 1. The minimum atomic E-state index is -0.320. The highest BCUT2D eigenvalue weighted by Gasteiger charge is 2.28. The Labute approximate surface area is 121 Å². The SMILES string of the molecule is C[C@H]1[C@@H](NC(=O)NC(=O)C[NH+]2CCCC2)CCC[C@@H]1C. The molecule has 5 heteroatoms. The van der Waals surface area contributed by atoms with Gasteiger partial charge in [0.2, 0.25) is 0 Å². The molecule has 3 amide bonds. The Bertz CT molecular complexity index is 353. The number of imide groups is 1. The number of nitrogens with one attached hydrogen (secondary N) is 3. The van der Waals surface area contributed by atoms with Crippen LogP contribution in [0.25, 0.3) is 0 Å². The van der Waals surface area contributed by atoms with Crippen molar-refractivity contribution in [1.82, 2.24) is 10.6 Å². The molecule has 3 atom stereocenters. The van der Waals surface area contributed by atoms with Crippen molar-refractivity contribution in [2.24, 2.45) is 11.8 Å². The Morgan fingerprint density at radius 3 is 2.50 bits per heavy atom. The van der Waals surface area contributed by atoms with Crippen molar-refractivity contribution in [2.45, 2.75) is 52.0 Å². The van der Waals surface area contributed by atoms with Crippen LogP contribution in [0.15, 0.2) is 0 Å². The molecule has 0 bridgehead atoms. The molecule has 1 saturated carbocycles. The van der Waals surface area contributed by atoms with Gasteiger partial charge in [0.15, 0.2) is 6.54 Å². The first-order chi connectivity index (χ1) is 9.56. The summed E-state index contributed by atoms with van der Waals surface area (Å²) in [6, 6.07) is -0.120. The normalized spacial score (nSPS) is 31.0. The summed E-state index contributed by atoms with van der Waals surface area (Å²) in [7, 11) is 0. The zero-order valence-corrected chi connectivity index (χ0v) is 12.7. The highest BCUT2D eigenvalue weighted by molar-refractivity contribution is 5.94. The topological polar surface area (TPSA) is 62.6 Å². The molecule has 2 rings (SSSR count). The maximum atomic E-state index is 11.9. The van der Waals surface area contributed by atoms with Gasteiger partial charge in [-0.1, -0.05) is 26.7 Å². The highest BCUT2D eigenvalue weighted by Crippen LogP contribution is 2.29. The minimum Gasteiger partial charge on any atom is -0.335 e. The van der Waals surface area contributed by atoms with Gasteiger partial charge in [0.25, 0.3) is 5.91 Å². The van der Waals surface area contributed by atoms with E-state index in [-0.39, 0.29) is 18.0 Å². The van der Waals surface area contributed by atoms with Crippen molar-refractivity contribution < 1.29 is 14.5 Å². The van der Waals surface area contributed by atoms with Gasteiger partial charge in [-0.2, -0.15) is 0 Å². The van der Waals surface area contributed by atoms with Gasteiger partial charge in [-0.15, -0.1) is 0 Å². The van der Waals surface area contributed by atoms with E-state index in [9.17, 15) is 9.59 Å². The average Bonchev–Trinajstić information content (AvgIpc) is 2.87. The van der Waals surface area contributed by atoms with E-state index in [0.717, 1.165) is 25.9 Å². The molecule has 2 fully saturated rings. The second kappa shape index (κ2) is 7.07. The third-order valence-corrected chi connectivity index (χ3v) is 5.00. The summed E-state index contributed by atoms with van der Waals surface area (Å²) in [6.45, 7) is 6.94. The van der Waals surface area contributed by atoms with Crippen LogP contribution in [-0.2, 0) is 4.79 Å². The van der Waals surface area contributed by atoms with Crippen LogP contribution in [0.4, 0.5) is 4.79 Å². The lowest BCUT2D eigenvalue weighted by Gasteiger charge is -2.34.